The van der Waals surface area contributed by atoms with Gasteiger partial charge in [-0.25, -0.2) is 13.7 Å². The molecular formula is C33H45N9+2. The first-order valence-electron chi connectivity index (χ1n) is 14.9. The second-order valence-corrected chi connectivity index (χ2v) is 10.6. The molecule has 0 aliphatic carbocycles. The van der Waals surface area contributed by atoms with E-state index in [1.807, 2.05) is 100.0 Å². The highest BCUT2D eigenvalue weighted by Gasteiger charge is 2.21. The summed E-state index contributed by atoms with van der Waals surface area (Å²) in [6.07, 6.45) is 9.56. The maximum Gasteiger partial charge on any atom is 0.421 e. The van der Waals surface area contributed by atoms with Crippen LogP contribution in [0.5, 0.6) is 0 Å². The molecule has 1 aliphatic rings. The van der Waals surface area contributed by atoms with Crippen molar-refractivity contribution in [2.75, 3.05) is 37.0 Å². The number of piperidine rings is 1. The van der Waals surface area contributed by atoms with Crippen LogP contribution in [-0.2, 0) is 20.6 Å². The highest BCUT2D eigenvalue weighted by atomic mass is 15.3. The molecule has 0 radical (unpaired) electrons. The van der Waals surface area contributed by atoms with Gasteiger partial charge in [0.15, 0.2) is 0 Å². The predicted octanol–water partition coefficient (Wildman–Crippen LogP) is 7.37. The van der Waals surface area contributed by atoms with Crippen molar-refractivity contribution >= 4 is 34.5 Å². The van der Waals surface area contributed by atoms with E-state index in [-0.39, 0.29) is 0 Å². The van der Waals surface area contributed by atoms with Gasteiger partial charge >= 0.3 is 11.8 Å². The van der Waals surface area contributed by atoms with Crippen LogP contribution < -0.4 is 18.9 Å². The Hall–Kier alpha value is -4.40. The Morgan fingerprint density at radius 2 is 1.45 bits per heavy atom. The molecule has 0 N–H and O–H groups in total. The topological polar surface area (TPSA) is 68.6 Å². The molecule has 4 aromatic rings. The lowest BCUT2D eigenvalue weighted by molar-refractivity contribution is -0.685. The summed E-state index contributed by atoms with van der Waals surface area (Å²) in [6, 6.07) is 22.7. The first-order chi connectivity index (χ1) is 20.5. The number of anilines is 2. The van der Waals surface area contributed by atoms with E-state index in [1.165, 1.54) is 18.5 Å². The third kappa shape index (κ3) is 8.09. The van der Waals surface area contributed by atoms with Gasteiger partial charge in [0.2, 0.25) is 0 Å². The number of hydrogen-bond donors (Lipinski definition) is 0. The molecule has 1 saturated heterocycles. The maximum atomic E-state index is 4.56. The van der Waals surface area contributed by atoms with Gasteiger partial charge in [0.25, 0.3) is 0 Å². The molecule has 9 heteroatoms. The number of azo groups is 2. The lowest BCUT2D eigenvalue weighted by Gasteiger charge is -2.33. The van der Waals surface area contributed by atoms with Gasteiger partial charge in [-0.2, -0.15) is 0 Å². The Bertz CT molecular complexity index is 1430. The first-order valence-corrected chi connectivity index (χ1v) is 14.9. The van der Waals surface area contributed by atoms with Crippen molar-refractivity contribution in [3.8, 4) is 0 Å². The van der Waals surface area contributed by atoms with E-state index in [9.17, 15) is 0 Å². The molecule has 5 rings (SSSR count). The molecule has 0 spiro atoms. The molecule has 0 atom stereocenters. The van der Waals surface area contributed by atoms with Crippen molar-refractivity contribution in [1.82, 2.24) is 4.57 Å². The van der Waals surface area contributed by atoms with Crippen LogP contribution in [0.3, 0.4) is 0 Å². The van der Waals surface area contributed by atoms with Gasteiger partial charge in [-0.1, -0.05) is 25.0 Å². The van der Waals surface area contributed by atoms with Crippen LogP contribution in [0.2, 0.25) is 0 Å². The van der Waals surface area contributed by atoms with Gasteiger partial charge in [-0.15, -0.1) is 0 Å². The quantitative estimate of drug-likeness (QED) is 0.157. The third-order valence-electron chi connectivity index (χ3n) is 7.56. The number of pyridine rings is 1. The molecule has 42 heavy (non-hydrogen) atoms. The molecule has 1 aliphatic heterocycles. The van der Waals surface area contributed by atoms with Crippen molar-refractivity contribution in [2.45, 2.75) is 39.7 Å². The maximum absolute atomic E-state index is 4.56. The zero-order chi connectivity index (χ0) is 29.9. The van der Waals surface area contributed by atoms with Gasteiger partial charge < -0.3 is 9.80 Å². The summed E-state index contributed by atoms with van der Waals surface area (Å²) in [5.41, 5.74) is 4.12. The Morgan fingerprint density at radius 1 is 0.810 bits per heavy atom. The number of aryl methyl sites for hydroxylation is 3. The average Bonchev–Trinajstić information content (AvgIpc) is 3.36. The first kappa shape index (κ1) is 30.6. The molecular weight excluding hydrogens is 522 g/mol. The minimum atomic E-state index is 0.700. The minimum Gasteiger partial charge on any atom is -0.378 e. The Kier molecular flexibility index (Phi) is 10.9. The summed E-state index contributed by atoms with van der Waals surface area (Å²) in [5.74, 6) is 2.39. The Balaban J connectivity index is 0.00000198. The second kappa shape index (κ2) is 15.0. The van der Waals surface area contributed by atoms with Crippen molar-refractivity contribution in [3.63, 3.8) is 0 Å². The monoisotopic (exact) mass is 567 g/mol. The molecule has 1 fully saturated rings. The van der Waals surface area contributed by atoms with Crippen LogP contribution in [0.4, 0.5) is 34.5 Å². The number of rotatable bonds is 9. The van der Waals surface area contributed by atoms with E-state index in [1.54, 1.807) is 0 Å². The molecule has 220 valence electrons. The van der Waals surface area contributed by atoms with Gasteiger partial charge in [0.1, 0.15) is 11.4 Å². The molecule has 2 aromatic carbocycles. The molecule has 0 bridgehead atoms. The number of imidazole rings is 1. The fraction of sp³-hybridized carbons (Fsp3) is 0.394. The fourth-order valence-electron chi connectivity index (χ4n) is 5.03. The molecule has 2 aromatic heterocycles. The van der Waals surface area contributed by atoms with Crippen molar-refractivity contribution in [3.05, 3.63) is 85.3 Å². The van der Waals surface area contributed by atoms with E-state index >= 15 is 0 Å². The van der Waals surface area contributed by atoms with Crippen LogP contribution in [0.1, 0.15) is 33.1 Å². The van der Waals surface area contributed by atoms with Crippen LogP contribution in [0.15, 0.2) is 106 Å². The zero-order valence-corrected chi connectivity index (χ0v) is 25.9. The highest BCUT2D eigenvalue weighted by Crippen LogP contribution is 2.27. The van der Waals surface area contributed by atoms with Crippen LogP contribution in [-0.4, -0.2) is 31.8 Å². The smallest absolute Gasteiger partial charge is 0.378 e. The molecule has 0 saturated carbocycles. The van der Waals surface area contributed by atoms with E-state index in [0.717, 1.165) is 54.9 Å². The van der Waals surface area contributed by atoms with Crippen molar-refractivity contribution < 1.29 is 9.13 Å². The van der Waals surface area contributed by atoms with Crippen LogP contribution >= 0.6 is 0 Å². The van der Waals surface area contributed by atoms with E-state index in [4.69, 9.17) is 0 Å². The van der Waals surface area contributed by atoms with Gasteiger partial charge in [-0.3, -0.25) is 0 Å². The standard InChI is InChI=1S/C31H39N9.C2H6/c1-36(2)28-12-8-26(9-13-28)32-34-30-7-5-6-19-40(30)22-18-25-16-20-39(21-17-25)29-14-10-27(11-15-29)33-35-31-37(3)23-24-38(31)4;1-2/h5-15,19,23-25H,16-18,20-22H2,1-4H3;1-2H3/q+2;. The molecule has 3 heterocycles. The zero-order valence-electron chi connectivity index (χ0n) is 25.9. The summed E-state index contributed by atoms with van der Waals surface area (Å²) in [6.45, 7) is 7.08. The molecule has 9 nitrogen and oxygen atoms in total. The number of benzene rings is 2. The summed E-state index contributed by atoms with van der Waals surface area (Å²) in [7, 11) is 8.00. The summed E-state index contributed by atoms with van der Waals surface area (Å²) in [4.78, 5) is 4.55. The van der Waals surface area contributed by atoms with E-state index < -0.39 is 0 Å². The molecule has 0 unspecified atom stereocenters. The Morgan fingerprint density at radius 3 is 2.07 bits per heavy atom. The van der Waals surface area contributed by atoms with Gasteiger partial charge in [-0.05, 0) is 84.9 Å². The summed E-state index contributed by atoms with van der Waals surface area (Å²) < 4.78 is 6.12. The number of hydrogen-bond acceptors (Lipinski definition) is 6. The van der Waals surface area contributed by atoms with E-state index in [0.29, 0.717) is 5.92 Å². The van der Waals surface area contributed by atoms with E-state index in [2.05, 4.69) is 71.4 Å². The lowest BCUT2D eigenvalue weighted by Crippen LogP contribution is -2.38. The second-order valence-electron chi connectivity index (χ2n) is 10.6. The summed E-state index contributed by atoms with van der Waals surface area (Å²) >= 11 is 0. The van der Waals surface area contributed by atoms with Crippen molar-refractivity contribution in [2.24, 2.45) is 40.5 Å². The largest absolute Gasteiger partial charge is 0.421 e. The normalized spacial score (nSPS) is 13.9. The highest BCUT2D eigenvalue weighted by molar-refractivity contribution is 5.53. The molecule has 0 amide bonds. The van der Waals surface area contributed by atoms with Crippen molar-refractivity contribution in [1.29, 1.82) is 0 Å². The van der Waals surface area contributed by atoms with Gasteiger partial charge in [0, 0.05) is 49.7 Å². The van der Waals surface area contributed by atoms with Crippen LogP contribution in [0.25, 0.3) is 0 Å². The third-order valence-corrected chi connectivity index (χ3v) is 7.56. The predicted molar refractivity (Wildman–Crippen MR) is 170 cm³/mol. The Labute approximate surface area is 250 Å². The lowest BCUT2D eigenvalue weighted by atomic mass is 9.93. The SMILES string of the molecule is CC.CN(C)c1ccc(N=Nc2cccc[n+]2CCC2CCN(c3ccc(N=Nc4n(C)cc[n+]4C)cc3)CC2)cc1. The average molecular weight is 568 g/mol. The van der Waals surface area contributed by atoms with Gasteiger partial charge in [0.05, 0.1) is 44.3 Å². The minimum absolute atomic E-state index is 0.700. The summed E-state index contributed by atoms with van der Waals surface area (Å²) in [5, 5.41) is 17.8. The number of nitrogens with zero attached hydrogens (tertiary/aromatic N) is 9. The van der Waals surface area contributed by atoms with Crippen LogP contribution in [0, 0.1) is 5.92 Å². The fourth-order valence-corrected chi connectivity index (χ4v) is 5.03. The number of aromatic nitrogens is 3.